The number of rotatable bonds is 3. The summed E-state index contributed by atoms with van der Waals surface area (Å²) >= 11 is 0. The molecule has 0 spiro atoms. The van der Waals surface area contributed by atoms with Crippen molar-refractivity contribution < 1.29 is 43.4 Å². The second-order valence-corrected chi connectivity index (χ2v) is 2.94. The molecular weight excluding hydrogens is 242 g/mol. The molecule has 0 aromatic carbocycles. The fourth-order valence-corrected chi connectivity index (χ4v) is 1.18. The number of halogens is 2. The molecular formula is C10H15Cl2V-. The first-order chi connectivity index (χ1) is 4.83. The van der Waals surface area contributed by atoms with Crippen LogP contribution in [0.1, 0.15) is 39.5 Å². The molecule has 3 heteroatoms. The van der Waals surface area contributed by atoms with Crippen LogP contribution in [0.5, 0.6) is 0 Å². The zero-order valence-corrected chi connectivity index (χ0v) is 11.0. The van der Waals surface area contributed by atoms with Crippen LogP contribution in [0.3, 0.4) is 0 Å². The van der Waals surface area contributed by atoms with Gasteiger partial charge in [0, 0.05) is 0 Å². The van der Waals surface area contributed by atoms with Crippen LogP contribution >= 0.6 is 0 Å². The monoisotopic (exact) mass is 256 g/mol. The van der Waals surface area contributed by atoms with E-state index >= 15 is 0 Å². The van der Waals surface area contributed by atoms with E-state index < -0.39 is 0 Å². The van der Waals surface area contributed by atoms with Gasteiger partial charge in [-0.1, -0.05) is 39.5 Å². The molecule has 0 aliphatic heterocycles. The third-order valence-electron chi connectivity index (χ3n) is 1.83. The maximum Gasteiger partial charge on any atom is 2.00 e. The van der Waals surface area contributed by atoms with Gasteiger partial charge in [-0.15, -0.1) is 0 Å². The summed E-state index contributed by atoms with van der Waals surface area (Å²) in [6.45, 7) is 4.38. The van der Waals surface area contributed by atoms with Crippen molar-refractivity contribution in [3.63, 3.8) is 0 Å². The van der Waals surface area contributed by atoms with Gasteiger partial charge < -0.3 is 24.8 Å². The standard InChI is InChI=1S/C10H15.2ClH.V/c1-3-4-5-10-7-6-9(2)8-10;;;/h7H,3-6H2,1-2H3;2*1H;/q-1;;;+2/p-2. The van der Waals surface area contributed by atoms with Crippen LogP contribution in [-0.4, -0.2) is 0 Å². The molecule has 0 aromatic rings. The van der Waals surface area contributed by atoms with Gasteiger partial charge in [0.15, 0.2) is 0 Å². The van der Waals surface area contributed by atoms with Crippen LogP contribution in [0.15, 0.2) is 17.2 Å². The van der Waals surface area contributed by atoms with E-state index in [1.807, 2.05) is 0 Å². The minimum Gasteiger partial charge on any atom is -1.00 e. The van der Waals surface area contributed by atoms with Gasteiger partial charge in [-0.05, 0) is 0 Å². The Labute approximate surface area is 106 Å². The zero-order chi connectivity index (χ0) is 7.40. The van der Waals surface area contributed by atoms with Gasteiger partial charge in [-0.2, -0.15) is 5.57 Å². The summed E-state index contributed by atoms with van der Waals surface area (Å²) in [6, 6.07) is 0. The van der Waals surface area contributed by atoms with Crippen molar-refractivity contribution in [2.75, 3.05) is 0 Å². The Morgan fingerprint density at radius 1 is 1.38 bits per heavy atom. The van der Waals surface area contributed by atoms with E-state index in [-0.39, 0.29) is 43.4 Å². The summed E-state index contributed by atoms with van der Waals surface area (Å²) in [5, 5.41) is 0. The van der Waals surface area contributed by atoms with E-state index in [0.29, 0.717) is 0 Å². The van der Waals surface area contributed by atoms with Crippen LogP contribution in [-0.2, 0) is 18.6 Å². The molecule has 0 heterocycles. The van der Waals surface area contributed by atoms with Crippen LogP contribution < -0.4 is 24.8 Å². The Balaban J connectivity index is -0.000000333. The molecule has 0 atom stereocenters. The Kier molecular flexibility index (Phi) is 15.9. The molecule has 1 aliphatic carbocycles. The topological polar surface area (TPSA) is 0 Å². The molecule has 0 nitrogen and oxygen atoms in total. The second kappa shape index (κ2) is 10.7. The summed E-state index contributed by atoms with van der Waals surface area (Å²) in [7, 11) is 0. The Morgan fingerprint density at radius 3 is 2.38 bits per heavy atom. The maximum atomic E-state index is 3.37. The second-order valence-electron chi connectivity index (χ2n) is 2.94. The van der Waals surface area contributed by atoms with Gasteiger partial charge in [-0.3, -0.25) is 0 Å². The molecule has 13 heavy (non-hydrogen) atoms. The van der Waals surface area contributed by atoms with Gasteiger partial charge in [0.05, 0.1) is 0 Å². The van der Waals surface area contributed by atoms with E-state index in [1.165, 1.54) is 30.4 Å². The molecule has 0 aromatic heterocycles. The molecule has 1 rings (SSSR count). The number of allylic oxidation sites excluding steroid dienone is 4. The minimum atomic E-state index is 0. The Bertz CT molecular complexity index is 174. The predicted octanol–water partition coefficient (Wildman–Crippen LogP) is -2.74. The molecule has 0 fully saturated rings. The Morgan fingerprint density at radius 2 is 2.00 bits per heavy atom. The Hall–Kier alpha value is 0.644. The molecule has 1 aliphatic rings. The van der Waals surface area contributed by atoms with E-state index in [4.69, 9.17) is 0 Å². The van der Waals surface area contributed by atoms with Crippen molar-refractivity contribution in [1.29, 1.82) is 0 Å². The van der Waals surface area contributed by atoms with Crippen molar-refractivity contribution in [3.8, 4) is 0 Å². The molecule has 0 unspecified atom stereocenters. The quantitative estimate of drug-likeness (QED) is 0.481. The summed E-state index contributed by atoms with van der Waals surface area (Å²) in [6.07, 6.45) is 10.6. The number of hydrogen-bond donors (Lipinski definition) is 0. The first-order valence-electron chi connectivity index (χ1n) is 4.11. The molecule has 0 saturated carbocycles. The SMILES string of the molecule is CCCCC1=CCC(C)=[C-]1.[Cl-].[Cl-].[V+2]. The van der Waals surface area contributed by atoms with Gasteiger partial charge in [0.2, 0.25) is 0 Å². The van der Waals surface area contributed by atoms with Crippen LogP contribution in [0, 0.1) is 6.08 Å². The van der Waals surface area contributed by atoms with E-state index in [1.54, 1.807) is 0 Å². The first-order valence-corrected chi connectivity index (χ1v) is 4.11. The smallest absolute Gasteiger partial charge is 1.00 e. The molecule has 0 bridgehead atoms. The fourth-order valence-electron chi connectivity index (χ4n) is 1.18. The van der Waals surface area contributed by atoms with Crippen molar-refractivity contribution in [2.24, 2.45) is 0 Å². The van der Waals surface area contributed by atoms with Gasteiger partial charge in [0.1, 0.15) is 0 Å². The number of hydrogen-bond acceptors (Lipinski definition) is 0. The average Bonchev–Trinajstić information content (AvgIpc) is 2.31. The van der Waals surface area contributed by atoms with Gasteiger partial charge >= 0.3 is 18.6 Å². The summed E-state index contributed by atoms with van der Waals surface area (Å²) in [5.41, 5.74) is 2.82. The molecule has 75 valence electrons. The zero-order valence-electron chi connectivity index (χ0n) is 8.11. The maximum absolute atomic E-state index is 3.37. The van der Waals surface area contributed by atoms with Crippen molar-refractivity contribution in [3.05, 3.63) is 23.3 Å². The van der Waals surface area contributed by atoms with Crippen LogP contribution in [0.2, 0.25) is 0 Å². The summed E-state index contributed by atoms with van der Waals surface area (Å²) < 4.78 is 0. The number of unbranched alkanes of at least 4 members (excludes halogenated alkanes) is 1. The third kappa shape index (κ3) is 7.70. The van der Waals surface area contributed by atoms with Crippen LogP contribution in [0.25, 0.3) is 0 Å². The minimum absolute atomic E-state index is 0. The van der Waals surface area contributed by atoms with Gasteiger partial charge in [0.25, 0.3) is 0 Å². The van der Waals surface area contributed by atoms with Crippen LogP contribution in [0.4, 0.5) is 0 Å². The molecule has 0 saturated heterocycles. The summed E-state index contributed by atoms with van der Waals surface area (Å²) in [4.78, 5) is 0. The van der Waals surface area contributed by atoms with E-state index in [9.17, 15) is 0 Å². The molecule has 0 amide bonds. The predicted molar refractivity (Wildman–Crippen MR) is 44.7 cm³/mol. The molecule has 1 radical (unpaired) electrons. The normalized spacial score (nSPS) is 13.1. The third-order valence-corrected chi connectivity index (χ3v) is 1.83. The summed E-state index contributed by atoms with van der Waals surface area (Å²) in [5.74, 6) is 0. The largest absolute Gasteiger partial charge is 2.00 e. The van der Waals surface area contributed by atoms with E-state index in [2.05, 4.69) is 26.0 Å². The van der Waals surface area contributed by atoms with E-state index in [0.717, 1.165) is 6.42 Å². The average molecular weight is 257 g/mol. The fraction of sp³-hybridized carbons (Fsp3) is 0.600. The first kappa shape index (κ1) is 19.3. The van der Waals surface area contributed by atoms with Crippen molar-refractivity contribution >= 4 is 0 Å². The molecule has 0 N–H and O–H groups in total. The van der Waals surface area contributed by atoms with Crippen molar-refractivity contribution in [2.45, 2.75) is 39.5 Å². The van der Waals surface area contributed by atoms with Gasteiger partial charge in [-0.25, -0.2) is 17.7 Å². The van der Waals surface area contributed by atoms with Crippen molar-refractivity contribution in [1.82, 2.24) is 0 Å².